The molecule has 0 spiro atoms. The van der Waals surface area contributed by atoms with Crippen molar-refractivity contribution in [1.82, 2.24) is 0 Å². The van der Waals surface area contributed by atoms with Crippen LogP contribution in [0.5, 0.6) is 0 Å². The molecule has 2 N–H and O–H groups in total. The van der Waals surface area contributed by atoms with E-state index in [2.05, 4.69) is 13.8 Å². The zero-order chi connectivity index (χ0) is 9.03. The zero-order valence-corrected chi connectivity index (χ0v) is 8.31. The summed E-state index contributed by atoms with van der Waals surface area (Å²) in [4.78, 5) is 0. The fraction of sp³-hybridized carbons (Fsp3) is 1.00. The molecule has 72 valence electrons. The van der Waals surface area contributed by atoms with Gasteiger partial charge in [-0.15, -0.1) is 0 Å². The summed E-state index contributed by atoms with van der Waals surface area (Å²) in [6.07, 6.45) is 6.50. The van der Waals surface area contributed by atoms with Crippen molar-refractivity contribution < 1.29 is 4.74 Å². The lowest BCUT2D eigenvalue weighted by Gasteiger charge is -2.18. The Balaban J connectivity index is 2.11. The molecular weight excluding hydrogens is 150 g/mol. The Morgan fingerprint density at radius 1 is 1.42 bits per heavy atom. The van der Waals surface area contributed by atoms with Gasteiger partial charge in [-0.05, 0) is 52.5 Å². The normalized spacial score (nSPS) is 27.8. The maximum atomic E-state index is 5.85. The van der Waals surface area contributed by atoms with Gasteiger partial charge in [0.05, 0.1) is 11.7 Å². The Morgan fingerprint density at radius 3 is 2.67 bits per heavy atom. The minimum atomic E-state index is 0.132. The van der Waals surface area contributed by atoms with Crippen LogP contribution in [-0.4, -0.2) is 18.2 Å². The van der Waals surface area contributed by atoms with Crippen molar-refractivity contribution in [1.29, 1.82) is 0 Å². The summed E-state index contributed by atoms with van der Waals surface area (Å²) in [5.74, 6) is 0. The summed E-state index contributed by atoms with van der Waals surface area (Å²) in [5, 5.41) is 0. The summed E-state index contributed by atoms with van der Waals surface area (Å²) in [6, 6.07) is 0. The molecule has 1 atom stereocenters. The third kappa shape index (κ3) is 3.11. The van der Waals surface area contributed by atoms with Crippen LogP contribution in [0.2, 0.25) is 0 Å². The Hall–Kier alpha value is -0.0800. The predicted octanol–water partition coefficient (Wildman–Crippen LogP) is 2.07. The quantitative estimate of drug-likeness (QED) is 0.657. The van der Waals surface area contributed by atoms with E-state index in [1.807, 2.05) is 0 Å². The summed E-state index contributed by atoms with van der Waals surface area (Å²) >= 11 is 0. The van der Waals surface area contributed by atoms with Gasteiger partial charge in [-0.1, -0.05) is 0 Å². The highest BCUT2D eigenvalue weighted by Crippen LogP contribution is 2.31. The SMILES string of the molecule is CC1(C)CCC(CCCCN)O1. The van der Waals surface area contributed by atoms with Gasteiger partial charge >= 0.3 is 0 Å². The highest BCUT2D eigenvalue weighted by atomic mass is 16.5. The Labute approximate surface area is 75.5 Å². The molecule has 0 aliphatic carbocycles. The van der Waals surface area contributed by atoms with Gasteiger partial charge in [-0.25, -0.2) is 0 Å². The molecule has 0 aromatic rings. The third-order valence-corrected chi connectivity index (χ3v) is 2.53. The lowest BCUT2D eigenvalue weighted by Crippen LogP contribution is -2.19. The van der Waals surface area contributed by atoms with Gasteiger partial charge in [-0.3, -0.25) is 0 Å². The molecule has 1 unspecified atom stereocenters. The first kappa shape index (κ1) is 10.0. The van der Waals surface area contributed by atoms with Crippen LogP contribution in [0.1, 0.15) is 46.0 Å². The topological polar surface area (TPSA) is 35.2 Å². The van der Waals surface area contributed by atoms with E-state index in [-0.39, 0.29) is 5.60 Å². The number of hydrogen-bond acceptors (Lipinski definition) is 2. The van der Waals surface area contributed by atoms with Crippen molar-refractivity contribution in [3.63, 3.8) is 0 Å². The number of rotatable bonds is 4. The molecule has 0 amide bonds. The summed E-state index contributed by atoms with van der Waals surface area (Å²) < 4.78 is 5.85. The summed E-state index contributed by atoms with van der Waals surface area (Å²) in [5.41, 5.74) is 5.56. The second-order valence-corrected chi connectivity index (χ2v) is 4.32. The number of nitrogens with two attached hydrogens (primary N) is 1. The van der Waals surface area contributed by atoms with Gasteiger partial charge in [0, 0.05) is 0 Å². The zero-order valence-electron chi connectivity index (χ0n) is 8.31. The summed E-state index contributed by atoms with van der Waals surface area (Å²) in [7, 11) is 0. The lowest BCUT2D eigenvalue weighted by atomic mass is 10.0. The van der Waals surface area contributed by atoms with Crippen LogP contribution >= 0.6 is 0 Å². The fourth-order valence-electron chi connectivity index (χ4n) is 1.80. The van der Waals surface area contributed by atoms with Gasteiger partial charge in [-0.2, -0.15) is 0 Å². The maximum Gasteiger partial charge on any atom is 0.0631 e. The van der Waals surface area contributed by atoms with E-state index < -0.39 is 0 Å². The number of unbranched alkanes of at least 4 members (excludes halogenated alkanes) is 1. The standard InChI is InChI=1S/C10H21NO/c1-10(2)7-6-9(12-10)5-3-4-8-11/h9H,3-8,11H2,1-2H3. The highest BCUT2D eigenvalue weighted by Gasteiger charge is 2.30. The van der Waals surface area contributed by atoms with Crippen molar-refractivity contribution in [2.24, 2.45) is 5.73 Å². The molecule has 2 heteroatoms. The van der Waals surface area contributed by atoms with Gasteiger partial charge in [0.1, 0.15) is 0 Å². The summed E-state index contributed by atoms with van der Waals surface area (Å²) in [6.45, 7) is 5.17. The Kier molecular flexibility index (Phi) is 3.53. The smallest absolute Gasteiger partial charge is 0.0631 e. The van der Waals surface area contributed by atoms with Crippen LogP contribution in [0.25, 0.3) is 0 Å². The van der Waals surface area contributed by atoms with E-state index in [0.717, 1.165) is 13.0 Å². The maximum absolute atomic E-state index is 5.85. The van der Waals surface area contributed by atoms with E-state index in [4.69, 9.17) is 10.5 Å². The Morgan fingerprint density at radius 2 is 2.17 bits per heavy atom. The van der Waals surface area contributed by atoms with Crippen molar-refractivity contribution >= 4 is 0 Å². The molecule has 0 aromatic heterocycles. The first-order valence-electron chi connectivity index (χ1n) is 5.02. The second kappa shape index (κ2) is 4.24. The van der Waals surface area contributed by atoms with E-state index >= 15 is 0 Å². The minimum absolute atomic E-state index is 0.132. The molecule has 1 aliphatic rings. The molecular formula is C10H21NO. The van der Waals surface area contributed by atoms with Crippen LogP contribution in [-0.2, 0) is 4.74 Å². The fourth-order valence-corrected chi connectivity index (χ4v) is 1.80. The molecule has 0 aromatic carbocycles. The molecule has 2 nitrogen and oxygen atoms in total. The highest BCUT2D eigenvalue weighted by molar-refractivity contribution is 4.80. The minimum Gasteiger partial charge on any atom is -0.372 e. The van der Waals surface area contributed by atoms with Gasteiger partial charge < -0.3 is 10.5 Å². The molecule has 1 aliphatic heterocycles. The molecule has 1 saturated heterocycles. The van der Waals surface area contributed by atoms with E-state index in [9.17, 15) is 0 Å². The molecule has 1 heterocycles. The molecule has 1 fully saturated rings. The third-order valence-electron chi connectivity index (χ3n) is 2.53. The van der Waals surface area contributed by atoms with Crippen LogP contribution in [0, 0.1) is 0 Å². The van der Waals surface area contributed by atoms with Crippen molar-refractivity contribution in [2.45, 2.75) is 57.7 Å². The van der Waals surface area contributed by atoms with Gasteiger partial charge in [0.15, 0.2) is 0 Å². The van der Waals surface area contributed by atoms with Crippen molar-refractivity contribution in [3.05, 3.63) is 0 Å². The first-order chi connectivity index (χ1) is 5.64. The Bertz CT molecular complexity index is 134. The number of hydrogen-bond donors (Lipinski definition) is 1. The van der Waals surface area contributed by atoms with E-state index in [0.29, 0.717) is 6.10 Å². The molecule has 0 bridgehead atoms. The number of ether oxygens (including phenoxy) is 1. The van der Waals surface area contributed by atoms with E-state index in [1.54, 1.807) is 0 Å². The lowest BCUT2D eigenvalue weighted by molar-refractivity contribution is -0.0190. The van der Waals surface area contributed by atoms with Crippen molar-refractivity contribution in [2.75, 3.05) is 6.54 Å². The average Bonchev–Trinajstić information content (AvgIpc) is 2.31. The van der Waals surface area contributed by atoms with Crippen LogP contribution in [0.15, 0.2) is 0 Å². The van der Waals surface area contributed by atoms with Gasteiger partial charge in [0.2, 0.25) is 0 Å². The second-order valence-electron chi connectivity index (χ2n) is 4.32. The van der Waals surface area contributed by atoms with Crippen LogP contribution in [0.4, 0.5) is 0 Å². The van der Waals surface area contributed by atoms with Crippen LogP contribution < -0.4 is 5.73 Å². The largest absolute Gasteiger partial charge is 0.372 e. The molecule has 0 radical (unpaired) electrons. The van der Waals surface area contributed by atoms with Crippen LogP contribution in [0.3, 0.4) is 0 Å². The van der Waals surface area contributed by atoms with E-state index in [1.165, 1.54) is 25.7 Å². The average molecular weight is 171 g/mol. The van der Waals surface area contributed by atoms with Crippen molar-refractivity contribution in [3.8, 4) is 0 Å². The molecule has 0 saturated carbocycles. The first-order valence-corrected chi connectivity index (χ1v) is 5.02. The predicted molar refractivity (Wildman–Crippen MR) is 51.1 cm³/mol. The van der Waals surface area contributed by atoms with Gasteiger partial charge in [0.25, 0.3) is 0 Å². The molecule has 1 rings (SSSR count). The molecule has 12 heavy (non-hydrogen) atoms. The monoisotopic (exact) mass is 171 g/mol.